The first kappa shape index (κ1) is 32.7. The summed E-state index contributed by atoms with van der Waals surface area (Å²) in [4.78, 5) is 23.8. The zero-order valence-corrected chi connectivity index (χ0v) is 27.8. The normalized spacial score (nSPS) is 16.4. The maximum Gasteiger partial charge on any atom is 0.219 e. The van der Waals surface area contributed by atoms with Crippen LogP contribution < -0.4 is 15.2 Å². The van der Waals surface area contributed by atoms with E-state index in [-0.39, 0.29) is 29.1 Å². The molecule has 2 fully saturated rings. The van der Waals surface area contributed by atoms with E-state index in [4.69, 9.17) is 19.9 Å². The van der Waals surface area contributed by atoms with Gasteiger partial charge in [-0.25, -0.2) is 18.4 Å². The Bertz CT molecular complexity index is 1970. The van der Waals surface area contributed by atoms with E-state index in [0.29, 0.717) is 42.1 Å². The number of nitrogens with two attached hydrogens (primary N) is 1. The molecule has 2 aromatic carbocycles. The number of rotatable bonds is 9. The molecule has 0 unspecified atom stereocenters. The zero-order chi connectivity index (χ0) is 34.2. The molecule has 0 amide bonds. The van der Waals surface area contributed by atoms with Crippen LogP contribution in [0.25, 0.3) is 16.6 Å². The second-order valence-corrected chi connectivity index (χ2v) is 13.1. The molecule has 2 aliphatic heterocycles. The molecule has 12 heteroatoms. The highest BCUT2D eigenvalue weighted by atomic mass is 19.1. The smallest absolute Gasteiger partial charge is 0.219 e. The molecule has 0 aliphatic carbocycles. The molecule has 0 bridgehead atoms. The van der Waals surface area contributed by atoms with E-state index in [2.05, 4.69) is 45.9 Å². The predicted octanol–water partition coefficient (Wildman–Crippen LogP) is 7.09. The number of fused-ring (bicyclic) bond motifs is 1. The Labute approximate surface area is 283 Å². The second-order valence-electron chi connectivity index (χ2n) is 13.1. The van der Waals surface area contributed by atoms with Crippen molar-refractivity contribution in [2.24, 2.45) is 0 Å². The van der Waals surface area contributed by atoms with Crippen LogP contribution in [0.5, 0.6) is 17.4 Å². The van der Waals surface area contributed by atoms with Crippen molar-refractivity contribution in [1.82, 2.24) is 24.6 Å². The number of halogens is 2. The van der Waals surface area contributed by atoms with Crippen LogP contribution in [-0.4, -0.2) is 68.9 Å². The first-order chi connectivity index (χ1) is 23.7. The molecule has 0 saturated carbocycles. The Morgan fingerprint density at radius 2 is 1.78 bits per heavy atom. The number of benzene rings is 2. The topological polar surface area (TPSA) is 121 Å². The number of piperidine rings is 1. The monoisotopic (exact) mass is 670 g/mol. The van der Waals surface area contributed by atoms with Crippen LogP contribution in [0.4, 0.5) is 14.6 Å². The van der Waals surface area contributed by atoms with Crippen molar-refractivity contribution in [3.63, 3.8) is 0 Å². The number of hydrogen-bond donors (Lipinski definition) is 2. The van der Waals surface area contributed by atoms with Gasteiger partial charge in [-0.1, -0.05) is 6.07 Å². The average molecular weight is 671 g/mol. The first-order valence-electron chi connectivity index (χ1n) is 16.8. The van der Waals surface area contributed by atoms with Crippen molar-refractivity contribution < 1.29 is 27.8 Å². The van der Waals surface area contributed by atoms with E-state index in [1.165, 1.54) is 29.2 Å². The van der Waals surface area contributed by atoms with Gasteiger partial charge in [-0.2, -0.15) is 5.10 Å². The van der Waals surface area contributed by atoms with Gasteiger partial charge in [0.1, 0.15) is 17.7 Å². The number of carbonyl (C=O) groups is 1. The molecule has 3 aromatic heterocycles. The minimum absolute atomic E-state index is 0.00478. The van der Waals surface area contributed by atoms with Crippen LogP contribution in [0.3, 0.4) is 0 Å². The van der Waals surface area contributed by atoms with Crippen LogP contribution >= 0.6 is 0 Å². The lowest BCUT2D eigenvalue weighted by molar-refractivity contribution is 0.0760. The Balaban J connectivity index is 1.14. The third kappa shape index (κ3) is 6.62. The molecule has 256 valence electrons. The highest BCUT2D eigenvalue weighted by molar-refractivity contribution is 6.12. The van der Waals surface area contributed by atoms with E-state index in [9.17, 15) is 13.6 Å². The van der Waals surface area contributed by atoms with Gasteiger partial charge < -0.3 is 29.8 Å². The van der Waals surface area contributed by atoms with Gasteiger partial charge in [0.15, 0.2) is 11.6 Å². The predicted molar refractivity (Wildman–Crippen MR) is 182 cm³/mol. The number of likely N-dealkylation sites (tertiary alicyclic amines) is 1. The minimum atomic E-state index is -0.842. The molecule has 0 radical (unpaired) electrons. The van der Waals surface area contributed by atoms with E-state index in [1.54, 1.807) is 6.92 Å². The summed E-state index contributed by atoms with van der Waals surface area (Å²) in [7, 11) is 0. The number of aromatic amines is 1. The number of anilines is 1. The van der Waals surface area contributed by atoms with Crippen molar-refractivity contribution >= 4 is 22.5 Å². The molecule has 7 rings (SSSR count). The number of ether oxygens (including phenoxy) is 3. The largest absolute Gasteiger partial charge is 0.490 e. The molecule has 10 nitrogen and oxygen atoms in total. The van der Waals surface area contributed by atoms with Gasteiger partial charge in [-0.3, -0.25) is 4.79 Å². The number of ketones is 1. The van der Waals surface area contributed by atoms with Crippen molar-refractivity contribution in [1.29, 1.82) is 0 Å². The first-order valence-corrected chi connectivity index (χ1v) is 16.8. The van der Waals surface area contributed by atoms with Gasteiger partial charge in [0, 0.05) is 49.3 Å². The minimum Gasteiger partial charge on any atom is -0.490 e. The molecular weight excluding hydrogens is 630 g/mol. The average Bonchev–Trinajstić information content (AvgIpc) is 3.69. The van der Waals surface area contributed by atoms with Gasteiger partial charge in [-0.15, -0.1) is 0 Å². The highest BCUT2D eigenvalue weighted by Gasteiger charge is 2.27. The number of hydrogen-bond acceptors (Lipinski definition) is 8. The summed E-state index contributed by atoms with van der Waals surface area (Å²) < 4.78 is 47.4. The van der Waals surface area contributed by atoms with E-state index in [1.807, 2.05) is 6.07 Å². The number of aryl methyl sites for hydroxylation is 1. The van der Waals surface area contributed by atoms with Gasteiger partial charge in [0.25, 0.3) is 0 Å². The van der Waals surface area contributed by atoms with Crippen LogP contribution in [0, 0.1) is 18.6 Å². The maximum absolute atomic E-state index is 14.1. The zero-order valence-electron chi connectivity index (χ0n) is 27.8. The molecular formula is C37H40F2N6O4. The lowest BCUT2D eigenvalue weighted by Gasteiger charge is -2.35. The lowest BCUT2D eigenvalue weighted by Crippen LogP contribution is -2.41. The Kier molecular flexibility index (Phi) is 9.08. The molecule has 5 heterocycles. The third-order valence-corrected chi connectivity index (χ3v) is 9.62. The van der Waals surface area contributed by atoms with Gasteiger partial charge in [0.05, 0.1) is 29.3 Å². The number of para-hydroxylation sites is 1. The lowest BCUT2D eigenvalue weighted by atomic mass is 9.90. The van der Waals surface area contributed by atoms with Crippen molar-refractivity contribution in [2.45, 2.75) is 64.5 Å². The van der Waals surface area contributed by atoms with E-state index >= 15 is 0 Å². The number of aromatic nitrogens is 4. The van der Waals surface area contributed by atoms with Crippen molar-refractivity contribution in [3.8, 4) is 23.1 Å². The fourth-order valence-corrected chi connectivity index (χ4v) is 6.77. The number of H-pyrrole nitrogens is 1. The molecule has 2 saturated heterocycles. The summed E-state index contributed by atoms with van der Waals surface area (Å²) in [5, 5.41) is 5.26. The Morgan fingerprint density at radius 3 is 2.47 bits per heavy atom. The molecule has 2 aliphatic rings. The number of nitrogens with zero attached hydrogens (tertiary/aromatic N) is 4. The third-order valence-electron chi connectivity index (χ3n) is 9.62. The standard InChI is InChI=1S/C37H40F2N6O4/c1-21(2)44-11-7-25(8-12-44)48-33-17-24-16-31(43-30(24)18-26(33)23-9-13-47-14-10-23)35(46)27-19-42-45(37(27)40)32-20-41-34(15-22(32)3)49-36-28(38)5-4-6-29(36)39/h4-6,15-21,23,25,43H,7-14,40H2,1-3H3. The van der Waals surface area contributed by atoms with Crippen molar-refractivity contribution in [2.75, 3.05) is 32.0 Å². The summed E-state index contributed by atoms with van der Waals surface area (Å²) in [5.41, 5.74) is 10.2. The van der Waals surface area contributed by atoms with Crippen LogP contribution in [0.1, 0.15) is 72.6 Å². The highest BCUT2D eigenvalue weighted by Crippen LogP contribution is 2.38. The fourth-order valence-electron chi connectivity index (χ4n) is 6.77. The van der Waals surface area contributed by atoms with Crippen LogP contribution in [0.2, 0.25) is 0 Å². The van der Waals surface area contributed by atoms with E-state index in [0.717, 1.165) is 73.1 Å². The number of carbonyl (C=O) groups excluding carboxylic acids is 1. The fraction of sp³-hybridized carbons (Fsp3) is 0.378. The van der Waals surface area contributed by atoms with Gasteiger partial charge >= 0.3 is 0 Å². The summed E-state index contributed by atoms with van der Waals surface area (Å²) in [6.07, 6.45) is 6.75. The second kappa shape index (κ2) is 13.6. The molecule has 0 spiro atoms. The molecule has 0 atom stereocenters. The summed E-state index contributed by atoms with van der Waals surface area (Å²) in [5.74, 6) is -1.23. The van der Waals surface area contributed by atoms with Crippen LogP contribution in [-0.2, 0) is 4.74 Å². The quantitative estimate of drug-likeness (QED) is 0.160. The van der Waals surface area contributed by atoms with Gasteiger partial charge in [-0.05, 0) is 93.8 Å². The number of nitrogen functional groups attached to an aromatic ring is 1. The number of pyridine rings is 1. The molecule has 5 aromatic rings. The van der Waals surface area contributed by atoms with Gasteiger partial charge in [0.2, 0.25) is 17.4 Å². The summed E-state index contributed by atoms with van der Waals surface area (Å²) in [6.45, 7) is 9.66. The number of nitrogens with one attached hydrogen (secondary N) is 1. The van der Waals surface area contributed by atoms with Crippen LogP contribution in [0.15, 0.2) is 54.9 Å². The summed E-state index contributed by atoms with van der Waals surface area (Å²) >= 11 is 0. The Morgan fingerprint density at radius 1 is 1.04 bits per heavy atom. The molecule has 3 N–H and O–H groups in total. The Hall–Kier alpha value is -4.81. The summed E-state index contributed by atoms with van der Waals surface area (Å²) in [6, 6.07) is 11.5. The molecule has 49 heavy (non-hydrogen) atoms. The maximum atomic E-state index is 14.1. The van der Waals surface area contributed by atoms with Crippen molar-refractivity contribution in [3.05, 3.63) is 88.9 Å². The SMILES string of the molecule is Cc1cc(Oc2c(F)cccc2F)ncc1-n1ncc(C(=O)c2cc3cc(OC4CCN(C(C)C)CC4)c(C4CCOCC4)cc3[nH]2)c1N. The van der Waals surface area contributed by atoms with E-state index < -0.39 is 17.4 Å².